The molecule has 0 aromatic rings. The van der Waals surface area contributed by atoms with Crippen molar-refractivity contribution in [3.63, 3.8) is 0 Å². The number of carbonyl (C=O) groups is 2. The molecule has 8 atom stereocenters. The van der Waals surface area contributed by atoms with Crippen LogP contribution in [0.15, 0.2) is 0 Å². The Bertz CT molecular complexity index is 646. The van der Waals surface area contributed by atoms with E-state index < -0.39 is 11.4 Å². The third-order valence-electron chi connectivity index (χ3n) is 9.64. The van der Waals surface area contributed by atoms with Crippen LogP contribution in [-0.4, -0.2) is 21.7 Å². The molecule has 3 fully saturated rings. The van der Waals surface area contributed by atoms with Crippen molar-refractivity contribution in [3.05, 3.63) is 0 Å². The molecule has 0 aromatic carbocycles. The summed E-state index contributed by atoms with van der Waals surface area (Å²) in [4.78, 5) is 24.4. The number of alkyl halides is 1. The maximum Gasteiger partial charge on any atom is 0.303 e. The summed E-state index contributed by atoms with van der Waals surface area (Å²) in [5, 5.41) is 9.28. The lowest BCUT2D eigenvalue weighted by Gasteiger charge is -2.57. The molecule has 8 unspecified atom stereocenters. The van der Waals surface area contributed by atoms with Gasteiger partial charge in [-0.2, -0.15) is 0 Å². The van der Waals surface area contributed by atoms with E-state index in [2.05, 4.69) is 50.5 Å². The summed E-state index contributed by atoms with van der Waals surface area (Å²) in [5.74, 6) is 3.43. The van der Waals surface area contributed by atoms with E-state index in [0.717, 1.165) is 30.6 Å². The van der Waals surface area contributed by atoms with Gasteiger partial charge >= 0.3 is 5.97 Å². The SMILES string of the molecule is CC(C)CCCC(C)C1CCC2C3CC(Br)C(=O)C(C)(CCC(=O)O)C3CCC12C. The van der Waals surface area contributed by atoms with E-state index in [1.54, 1.807) is 0 Å². The van der Waals surface area contributed by atoms with Crippen LogP contribution in [0, 0.1) is 46.3 Å². The van der Waals surface area contributed by atoms with Crippen LogP contribution in [0.4, 0.5) is 0 Å². The van der Waals surface area contributed by atoms with Gasteiger partial charge in [0.2, 0.25) is 0 Å². The molecule has 3 aliphatic carbocycles. The topological polar surface area (TPSA) is 54.4 Å². The van der Waals surface area contributed by atoms with Crippen LogP contribution < -0.4 is 0 Å². The zero-order valence-corrected chi connectivity index (χ0v) is 21.3. The first-order valence-electron chi connectivity index (χ1n) is 12.4. The van der Waals surface area contributed by atoms with Gasteiger partial charge < -0.3 is 5.11 Å². The van der Waals surface area contributed by atoms with Gasteiger partial charge in [0.05, 0.1) is 4.83 Å². The highest BCUT2D eigenvalue weighted by Gasteiger charge is 2.61. The number of ketones is 1. The van der Waals surface area contributed by atoms with E-state index >= 15 is 0 Å². The summed E-state index contributed by atoms with van der Waals surface area (Å²) in [5.41, 5.74) is -0.100. The van der Waals surface area contributed by atoms with Gasteiger partial charge in [-0.05, 0) is 79.4 Å². The first-order chi connectivity index (χ1) is 14.0. The number of carbonyl (C=O) groups excluding carboxylic acids is 1. The molecule has 0 spiro atoms. The van der Waals surface area contributed by atoms with E-state index in [9.17, 15) is 14.7 Å². The highest BCUT2D eigenvalue weighted by atomic mass is 79.9. The minimum atomic E-state index is -0.783. The second-order valence-corrected chi connectivity index (χ2v) is 12.9. The zero-order chi connectivity index (χ0) is 22.3. The average Bonchev–Trinajstić information content (AvgIpc) is 3.02. The molecular formula is C26H43BrO3. The van der Waals surface area contributed by atoms with Crippen LogP contribution in [0.25, 0.3) is 0 Å². The minimum Gasteiger partial charge on any atom is -0.481 e. The van der Waals surface area contributed by atoms with Crippen molar-refractivity contribution in [1.82, 2.24) is 0 Å². The van der Waals surface area contributed by atoms with Crippen molar-refractivity contribution in [3.8, 4) is 0 Å². The zero-order valence-electron chi connectivity index (χ0n) is 19.8. The molecule has 30 heavy (non-hydrogen) atoms. The van der Waals surface area contributed by atoms with Gasteiger partial charge in [-0.25, -0.2) is 0 Å². The van der Waals surface area contributed by atoms with Crippen LogP contribution in [0.2, 0.25) is 0 Å². The van der Waals surface area contributed by atoms with Gasteiger partial charge in [-0.15, -0.1) is 0 Å². The van der Waals surface area contributed by atoms with Gasteiger partial charge in [0.25, 0.3) is 0 Å². The summed E-state index contributed by atoms with van der Waals surface area (Å²) in [7, 11) is 0. The molecule has 172 valence electrons. The molecule has 0 bridgehead atoms. The molecule has 4 heteroatoms. The number of halogens is 1. The molecule has 0 amide bonds. The molecule has 0 aliphatic heterocycles. The van der Waals surface area contributed by atoms with Gasteiger partial charge in [0.15, 0.2) is 5.78 Å². The predicted octanol–water partition coefficient (Wildman–Crippen LogP) is 7.11. The van der Waals surface area contributed by atoms with Crippen molar-refractivity contribution in [2.45, 2.75) is 104 Å². The van der Waals surface area contributed by atoms with E-state index in [4.69, 9.17) is 0 Å². The number of hydrogen-bond acceptors (Lipinski definition) is 2. The number of carboxylic acid groups (broad SMARTS) is 1. The number of carboxylic acids is 1. The van der Waals surface area contributed by atoms with Gasteiger partial charge in [-0.3, -0.25) is 9.59 Å². The van der Waals surface area contributed by atoms with E-state index in [0.29, 0.717) is 29.6 Å². The molecule has 0 radical (unpaired) electrons. The number of fused-ring (bicyclic) bond motifs is 3. The van der Waals surface area contributed by atoms with Crippen LogP contribution in [0.3, 0.4) is 0 Å². The third-order valence-corrected chi connectivity index (χ3v) is 10.4. The maximum absolute atomic E-state index is 13.2. The molecule has 0 heterocycles. The van der Waals surface area contributed by atoms with Crippen molar-refractivity contribution in [2.24, 2.45) is 46.3 Å². The lowest BCUT2D eigenvalue weighted by atomic mass is 9.48. The second kappa shape index (κ2) is 9.24. The molecule has 3 rings (SSSR count). The minimum absolute atomic E-state index is 0.0998. The van der Waals surface area contributed by atoms with Crippen LogP contribution >= 0.6 is 15.9 Å². The standard InChI is InChI=1S/C26H43BrO3/c1-16(2)7-6-8-17(3)19-9-10-20-18-15-22(27)24(30)26(5,14-12-23(28)29)21(18)11-13-25(19,20)4/h16-22H,6-15H2,1-5H3,(H,28,29). The molecule has 3 saturated carbocycles. The van der Waals surface area contributed by atoms with Crippen LogP contribution in [-0.2, 0) is 9.59 Å². The molecule has 1 N–H and O–H groups in total. The van der Waals surface area contributed by atoms with Crippen molar-refractivity contribution >= 4 is 27.7 Å². The second-order valence-electron chi connectivity index (χ2n) is 11.8. The van der Waals surface area contributed by atoms with Gasteiger partial charge in [-0.1, -0.05) is 69.8 Å². The van der Waals surface area contributed by atoms with Crippen LogP contribution in [0.5, 0.6) is 0 Å². The fraction of sp³-hybridized carbons (Fsp3) is 0.923. The quantitative estimate of drug-likeness (QED) is 0.374. The summed E-state index contributed by atoms with van der Waals surface area (Å²) < 4.78 is 0. The van der Waals surface area contributed by atoms with E-state index in [1.807, 2.05) is 0 Å². The molecule has 3 nitrogen and oxygen atoms in total. The smallest absolute Gasteiger partial charge is 0.303 e. The highest BCUT2D eigenvalue weighted by molar-refractivity contribution is 9.10. The Balaban J connectivity index is 1.77. The average molecular weight is 484 g/mol. The third kappa shape index (κ3) is 4.41. The van der Waals surface area contributed by atoms with E-state index in [1.165, 1.54) is 38.5 Å². The summed E-state index contributed by atoms with van der Waals surface area (Å²) in [6, 6.07) is 0. The number of aliphatic carboxylic acids is 1. The Morgan fingerprint density at radius 3 is 2.47 bits per heavy atom. The lowest BCUT2D eigenvalue weighted by Crippen LogP contribution is -2.55. The maximum atomic E-state index is 13.2. The Labute approximate surface area is 192 Å². The van der Waals surface area contributed by atoms with E-state index in [-0.39, 0.29) is 17.0 Å². The Morgan fingerprint density at radius 2 is 1.83 bits per heavy atom. The highest BCUT2D eigenvalue weighted by Crippen LogP contribution is 2.66. The number of rotatable bonds is 8. The van der Waals surface area contributed by atoms with Gasteiger partial charge in [0.1, 0.15) is 0 Å². The summed E-state index contributed by atoms with van der Waals surface area (Å²) >= 11 is 3.71. The van der Waals surface area contributed by atoms with Crippen LogP contribution in [0.1, 0.15) is 98.8 Å². The Hall–Kier alpha value is -0.380. The monoisotopic (exact) mass is 482 g/mol. The first kappa shape index (κ1) is 24.3. The van der Waals surface area contributed by atoms with Gasteiger partial charge in [0, 0.05) is 11.8 Å². The normalized spacial score (nSPS) is 42.1. The largest absolute Gasteiger partial charge is 0.481 e. The number of hydrogen-bond donors (Lipinski definition) is 1. The fourth-order valence-corrected chi connectivity index (χ4v) is 8.95. The predicted molar refractivity (Wildman–Crippen MR) is 126 cm³/mol. The molecular weight excluding hydrogens is 440 g/mol. The Kier molecular flexibility index (Phi) is 7.47. The molecule has 0 aromatic heterocycles. The summed E-state index contributed by atoms with van der Waals surface area (Å²) in [6.07, 6.45) is 10.5. The molecule has 3 aliphatic rings. The Morgan fingerprint density at radius 1 is 1.13 bits per heavy atom. The fourth-order valence-electron chi connectivity index (χ4n) is 7.99. The molecule has 0 saturated heterocycles. The van der Waals surface area contributed by atoms with Crippen molar-refractivity contribution in [1.29, 1.82) is 0 Å². The number of Topliss-reactive ketones (excluding diaryl/α,β-unsaturated/α-hetero) is 1. The lowest BCUT2D eigenvalue weighted by molar-refractivity contribution is -0.147. The first-order valence-corrected chi connectivity index (χ1v) is 13.3. The van der Waals surface area contributed by atoms with Crippen molar-refractivity contribution < 1.29 is 14.7 Å². The summed E-state index contributed by atoms with van der Waals surface area (Å²) in [6.45, 7) is 11.8. The van der Waals surface area contributed by atoms with Crippen molar-refractivity contribution in [2.75, 3.05) is 0 Å².